The van der Waals surface area contributed by atoms with Gasteiger partial charge in [-0.1, -0.05) is 34.1 Å². The zero-order valence-corrected chi connectivity index (χ0v) is 14.2. The van der Waals surface area contributed by atoms with Crippen molar-refractivity contribution in [1.29, 1.82) is 0 Å². The van der Waals surface area contributed by atoms with E-state index >= 15 is 0 Å². The third-order valence-corrected chi connectivity index (χ3v) is 3.71. The van der Waals surface area contributed by atoms with Gasteiger partial charge in [-0.05, 0) is 30.5 Å². The lowest BCUT2D eigenvalue weighted by atomic mass is 9.89. The third-order valence-electron chi connectivity index (χ3n) is 3.32. The van der Waals surface area contributed by atoms with Crippen molar-refractivity contribution in [3.8, 4) is 0 Å². The minimum Gasteiger partial charge on any atom is -0.373 e. The zero-order valence-electron chi connectivity index (χ0n) is 10.9. The number of rotatable bonds is 3. The van der Waals surface area contributed by atoms with Crippen LogP contribution in [0.3, 0.4) is 0 Å². The second kappa shape index (κ2) is 7.29. The topological polar surface area (TPSA) is 24.4 Å². The van der Waals surface area contributed by atoms with E-state index in [1.165, 1.54) is 16.7 Å². The molecule has 4 heteroatoms. The average Bonchev–Trinajstić information content (AvgIpc) is 2.75. The second-order valence-corrected chi connectivity index (χ2v) is 5.40. The van der Waals surface area contributed by atoms with Crippen LogP contribution in [0.15, 0.2) is 23.2 Å². The monoisotopic (exact) mass is 374 g/mol. The fourth-order valence-electron chi connectivity index (χ4n) is 2.57. The van der Waals surface area contributed by atoms with Crippen molar-refractivity contribution >= 4 is 38.7 Å². The molecule has 18 heavy (non-hydrogen) atoms. The van der Waals surface area contributed by atoms with Crippen LogP contribution >= 0.6 is 32.9 Å². The number of halogens is 2. The summed E-state index contributed by atoms with van der Waals surface area (Å²) in [6.45, 7) is 6.28. The van der Waals surface area contributed by atoms with Crippen LogP contribution in [0, 0.1) is 13.8 Å². The van der Waals surface area contributed by atoms with Crippen LogP contribution in [0.2, 0.25) is 0 Å². The van der Waals surface area contributed by atoms with Gasteiger partial charge in [0.15, 0.2) is 0 Å². The molecule has 0 amide bonds. The molecule has 0 bridgehead atoms. The van der Waals surface area contributed by atoms with E-state index in [0.29, 0.717) is 5.92 Å². The van der Waals surface area contributed by atoms with Crippen molar-refractivity contribution < 1.29 is 0 Å². The van der Waals surface area contributed by atoms with E-state index in [9.17, 15) is 0 Å². The Morgan fingerprint density at radius 1 is 1.33 bits per heavy atom. The molecular formula is C14H20Br2N2. The number of nitrogens with zero attached hydrogens (tertiary/aromatic N) is 1. The van der Waals surface area contributed by atoms with Crippen LogP contribution in [0.25, 0.3) is 0 Å². The summed E-state index contributed by atoms with van der Waals surface area (Å²) < 4.78 is 0. The maximum absolute atomic E-state index is 4.60. The number of nitrogens with one attached hydrogen (secondary N) is 1. The normalized spacial score (nSPS) is 18.2. The Morgan fingerprint density at radius 3 is 2.61 bits per heavy atom. The van der Waals surface area contributed by atoms with Gasteiger partial charge in [-0.2, -0.15) is 0 Å². The maximum Gasteiger partial charge on any atom is 0.0970 e. The van der Waals surface area contributed by atoms with Crippen LogP contribution in [-0.4, -0.2) is 24.3 Å². The van der Waals surface area contributed by atoms with E-state index in [-0.39, 0.29) is 17.0 Å². The number of benzene rings is 1. The molecule has 1 unspecified atom stereocenters. The van der Waals surface area contributed by atoms with Crippen molar-refractivity contribution in [1.82, 2.24) is 5.32 Å². The number of amidine groups is 1. The molecule has 1 N–H and O–H groups in total. The Morgan fingerprint density at radius 2 is 2.00 bits per heavy atom. The molecule has 0 aliphatic carbocycles. The Bertz CT molecular complexity index is 410. The lowest BCUT2D eigenvalue weighted by Crippen LogP contribution is -2.24. The first-order valence-corrected chi connectivity index (χ1v) is 7.23. The van der Waals surface area contributed by atoms with Crippen LogP contribution in [-0.2, 0) is 0 Å². The molecule has 0 aromatic heterocycles. The minimum atomic E-state index is 0. The van der Waals surface area contributed by atoms with Crippen LogP contribution in [0.5, 0.6) is 0 Å². The van der Waals surface area contributed by atoms with Gasteiger partial charge in [0.2, 0.25) is 0 Å². The van der Waals surface area contributed by atoms with Crippen molar-refractivity contribution in [3.63, 3.8) is 0 Å². The fraction of sp³-hybridized carbons (Fsp3) is 0.500. The summed E-state index contributed by atoms with van der Waals surface area (Å²) >= 11 is 3.42. The van der Waals surface area contributed by atoms with Gasteiger partial charge in [0.25, 0.3) is 0 Å². The molecular weight excluding hydrogens is 356 g/mol. The van der Waals surface area contributed by atoms with Gasteiger partial charge >= 0.3 is 0 Å². The van der Waals surface area contributed by atoms with Crippen molar-refractivity contribution in [2.24, 2.45) is 4.99 Å². The SMILES string of the molecule is Br.Cc1cccc(C)c1C1CN=C(NCCBr)C1. The van der Waals surface area contributed by atoms with E-state index in [1.807, 2.05) is 0 Å². The molecule has 1 atom stereocenters. The highest BCUT2D eigenvalue weighted by Crippen LogP contribution is 2.30. The summed E-state index contributed by atoms with van der Waals surface area (Å²) in [6.07, 6.45) is 1.05. The summed E-state index contributed by atoms with van der Waals surface area (Å²) in [6, 6.07) is 6.53. The first-order chi connectivity index (χ1) is 8.22. The second-order valence-electron chi connectivity index (χ2n) is 4.61. The lowest BCUT2D eigenvalue weighted by molar-refractivity contribution is 0.760. The molecule has 2 rings (SSSR count). The summed E-state index contributed by atoms with van der Waals surface area (Å²) in [7, 11) is 0. The van der Waals surface area contributed by atoms with Crippen LogP contribution in [0.4, 0.5) is 0 Å². The van der Waals surface area contributed by atoms with Gasteiger partial charge in [0.05, 0.1) is 5.84 Å². The molecule has 1 aliphatic rings. The van der Waals surface area contributed by atoms with Crippen molar-refractivity contribution in [3.05, 3.63) is 34.9 Å². The smallest absolute Gasteiger partial charge is 0.0970 e. The molecule has 0 saturated heterocycles. The number of aliphatic imine (C=N–C) groups is 1. The van der Waals surface area contributed by atoms with Crippen LogP contribution in [0.1, 0.15) is 29.0 Å². The molecule has 1 heterocycles. The number of alkyl halides is 1. The summed E-state index contributed by atoms with van der Waals surface area (Å²) in [4.78, 5) is 4.60. The predicted octanol–water partition coefficient (Wildman–Crippen LogP) is 3.75. The Labute approximate surface area is 128 Å². The summed E-state index contributed by atoms with van der Waals surface area (Å²) in [5.74, 6) is 1.73. The first-order valence-electron chi connectivity index (χ1n) is 6.11. The highest BCUT2D eigenvalue weighted by atomic mass is 79.9. The molecule has 100 valence electrons. The quantitative estimate of drug-likeness (QED) is 0.799. The van der Waals surface area contributed by atoms with E-state index in [4.69, 9.17) is 0 Å². The van der Waals surface area contributed by atoms with Crippen molar-refractivity contribution in [2.75, 3.05) is 18.4 Å². The molecule has 0 spiro atoms. The molecule has 0 saturated carbocycles. The molecule has 1 aromatic rings. The fourth-order valence-corrected chi connectivity index (χ4v) is 2.77. The molecule has 2 nitrogen and oxygen atoms in total. The Hall–Kier alpha value is -0.350. The van der Waals surface area contributed by atoms with Gasteiger partial charge in [-0.3, -0.25) is 4.99 Å². The van der Waals surface area contributed by atoms with E-state index in [1.54, 1.807) is 0 Å². The van der Waals surface area contributed by atoms with Gasteiger partial charge in [0.1, 0.15) is 0 Å². The van der Waals surface area contributed by atoms with E-state index < -0.39 is 0 Å². The molecule has 0 fully saturated rings. The highest BCUT2D eigenvalue weighted by Gasteiger charge is 2.22. The van der Waals surface area contributed by atoms with Gasteiger partial charge in [-0.25, -0.2) is 0 Å². The van der Waals surface area contributed by atoms with Gasteiger partial charge in [0, 0.05) is 30.8 Å². The molecule has 1 aliphatic heterocycles. The first kappa shape index (κ1) is 15.7. The Balaban J connectivity index is 0.00000162. The number of aryl methyl sites for hydroxylation is 2. The standard InChI is InChI=1S/C14H19BrN2.BrH/c1-10-4-3-5-11(2)14(10)12-8-13(17-9-12)16-7-6-15;/h3-5,12H,6-9H2,1-2H3,(H,16,17);1H. The third kappa shape index (κ3) is 3.58. The largest absolute Gasteiger partial charge is 0.373 e. The number of hydrogen-bond donors (Lipinski definition) is 1. The van der Waals surface area contributed by atoms with E-state index in [0.717, 1.165) is 30.7 Å². The van der Waals surface area contributed by atoms with Gasteiger partial charge < -0.3 is 5.32 Å². The van der Waals surface area contributed by atoms with Crippen LogP contribution < -0.4 is 5.32 Å². The Kier molecular flexibility index (Phi) is 6.36. The number of hydrogen-bond acceptors (Lipinski definition) is 2. The maximum atomic E-state index is 4.60. The molecule has 1 aromatic carbocycles. The zero-order chi connectivity index (χ0) is 12.3. The lowest BCUT2D eigenvalue weighted by Gasteiger charge is -2.15. The highest BCUT2D eigenvalue weighted by molar-refractivity contribution is 9.09. The summed E-state index contributed by atoms with van der Waals surface area (Å²) in [5, 5.41) is 4.35. The molecule has 0 radical (unpaired) electrons. The summed E-state index contributed by atoms with van der Waals surface area (Å²) in [5.41, 5.74) is 4.28. The van der Waals surface area contributed by atoms with Gasteiger partial charge in [-0.15, -0.1) is 17.0 Å². The predicted molar refractivity (Wildman–Crippen MR) is 87.7 cm³/mol. The average molecular weight is 376 g/mol. The van der Waals surface area contributed by atoms with Crippen molar-refractivity contribution in [2.45, 2.75) is 26.2 Å². The minimum absolute atomic E-state index is 0. The van der Waals surface area contributed by atoms with E-state index in [2.05, 4.69) is 58.3 Å².